The predicted molar refractivity (Wildman–Crippen MR) is 76.7 cm³/mol. The minimum absolute atomic E-state index is 0.262. The van der Waals surface area contributed by atoms with Gasteiger partial charge in [-0.1, -0.05) is 39.3 Å². The smallest absolute Gasteiger partial charge is 0.341 e. The van der Waals surface area contributed by atoms with E-state index >= 15 is 0 Å². The van der Waals surface area contributed by atoms with Gasteiger partial charge >= 0.3 is 11.9 Å². The van der Waals surface area contributed by atoms with E-state index in [1.165, 1.54) is 0 Å². The Morgan fingerprint density at radius 1 is 1.20 bits per heavy atom. The van der Waals surface area contributed by atoms with E-state index in [2.05, 4.69) is 0 Å². The first-order valence-corrected chi connectivity index (χ1v) is 7.01. The van der Waals surface area contributed by atoms with Gasteiger partial charge in [0.25, 0.3) is 0 Å². The Labute approximate surface area is 120 Å². The third kappa shape index (κ3) is 5.43. The molecule has 0 aliphatic heterocycles. The van der Waals surface area contributed by atoms with Crippen LogP contribution in [0, 0.1) is 5.92 Å². The van der Waals surface area contributed by atoms with Crippen molar-refractivity contribution >= 4 is 11.9 Å². The van der Waals surface area contributed by atoms with Crippen molar-refractivity contribution in [1.29, 1.82) is 0 Å². The summed E-state index contributed by atoms with van der Waals surface area (Å²) < 4.78 is 10.4. The number of hydrogen-bond acceptors (Lipinski definition) is 4. The van der Waals surface area contributed by atoms with Crippen molar-refractivity contribution in [2.75, 3.05) is 6.61 Å². The zero-order chi connectivity index (χ0) is 15.0. The minimum atomic E-state index is -0.461. The zero-order valence-electron chi connectivity index (χ0n) is 12.3. The van der Waals surface area contributed by atoms with Crippen LogP contribution in [-0.2, 0) is 9.53 Å². The Hall–Kier alpha value is -1.84. The summed E-state index contributed by atoms with van der Waals surface area (Å²) in [5.41, 5.74) is 0.290. The fourth-order valence-corrected chi connectivity index (χ4v) is 1.54. The number of hydrogen-bond donors (Lipinski definition) is 0. The maximum atomic E-state index is 12.0. The van der Waals surface area contributed by atoms with Gasteiger partial charge in [0.05, 0.1) is 6.61 Å². The van der Waals surface area contributed by atoms with Gasteiger partial charge in [-0.25, -0.2) is 4.79 Å². The molecule has 0 atom stereocenters. The fraction of sp³-hybridized carbons (Fsp3) is 0.500. The van der Waals surface area contributed by atoms with Gasteiger partial charge < -0.3 is 9.47 Å². The SMILES string of the molecule is CCCCC(=O)Oc1ccccc1C(=O)OCC(C)C. The summed E-state index contributed by atoms with van der Waals surface area (Å²) in [6, 6.07) is 6.65. The van der Waals surface area contributed by atoms with Gasteiger partial charge in [-0.05, 0) is 24.5 Å². The molecule has 0 bridgehead atoms. The van der Waals surface area contributed by atoms with Crippen molar-refractivity contribution < 1.29 is 19.1 Å². The van der Waals surface area contributed by atoms with Crippen LogP contribution in [0.25, 0.3) is 0 Å². The number of benzene rings is 1. The fourth-order valence-electron chi connectivity index (χ4n) is 1.54. The van der Waals surface area contributed by atoms with Crippen LogP contribution in [0.4, 0.5) is 0 Å². The molecule has 4 nitrogen and oxygen atoms in total. The Bertz CT molecular complexity index is 452. The molecule has 0 radical (unpaired) electrons. The molecule has 0 heterocycles. The molecule has 0 fully saturated rings. The highest BCUT2D eigenvalue weighted by atomic mass is 16.5. The molecule has 0 N–H and O–H groups in total. The second-order valence-corrected chi connectivity index (χ2v) is 5.07. The third-order valence-electron chi connectivity index (χ3n) is 2.61. The first-order chi connectivity index (χ1) is 9.54. The lowest BCUT2D eigenvalue weighted by Crippen LogP contribution is -2.14. The average molecular weight is 278 g/mol. The molecular weight excluding hydrogens is 256 g/mol. The van der Waals surface area contributed by atoms with E-state index in [-0.39, 0.29) is 23.2 Å². The first kappa shape index (κ1) is 16.2. The molecule has 0 saturated carbocycles. The molecular formula is C16H22O4. The van der Waals surface area contributed by atoms with Crippen LogP contribution in [0.3, 0.4) is 0 Å². The molecule has 0 aromatic heterocycles. The number of esters is 2. The molecule has 4 heteroatoms. The second kappa shape index (κ2) is 8.35. The van der Waals surface area contributed by atoms with Gasteiger partial charge in [-0.3, -0.25) is 4.79 Å². The van der Waals surface area contributed by atoms with E-state index in [1.807, 2.05) is 20.8 Å². The normalized spacial score (nSPS) is 10.4. The standard InChI is InChI=1S/C16H22O4/c1-4-5-10-15(17)20-14-9-7-6-8-13(14)16(18)19-11-12(2)3/h6-9,12H,4-5,10-11H2,1-3H3. The van der Waals surface area contributed by atoms with E-state index in [0.717, 1.165) is 12.8 Å². The van der Waals surface area contributed by atoms with Crippen LogP contribution < -0.4 is 4.74 Å². The van der Waals surface area contributed by atoms with Crippen LogP contribution in [0.2, 0.25) is 0 Å². The lowest BCUT2D eigenvalue weighted by Gasteiger charge is -2.11. The van der Waals surface area contributed by atoms with Crippen molar-refractivity contribution in [3.05, 3.63) is 29.8 Å². The summed E-state index contributed by atoms with van der Waals surface area (Å²) in [6.45, 7) is 6.27. The van der Waals surface area contributed by atoms with Gasteiger partial charge in [-0.15, -0.1) is 0 Å². The molecule has 0 amide bonds. The molecule has 1 rings (SSSR count). The van der Waals surface area contributed by atoms with Crippen molar-refractivity contribution in [2.45, 2.75) is 40.0 Å². The van der Waals surface area contributed by atoms with Crippen LogP contribution in [0.1, 0.15) is 50.4 Å². The highest BCUT2D eigenvalue weighted by Gasteiger charge is 2.16. The van der Waals surface area contributed by atoms with E-state index in [0.29, 0.717) is 13.0 Å². The summed E-state index contributed by atoms with van der Waals surface area (Å²) in [5.74, 6) is -0.255. The molecule has 0 aliphatic rings. The molecule has 20 heavy (non-hydrogen) atoms. The number of unbranched alkanes of at least 4 members (excludes halogenated alkanes) is 1. The summed E-state index contributed by atoms with van der Waals surface area (Å²) in [5, 5.41) is 0. The van der Waals surface area contributed by atoms with E-state index in [1.54, 1.807) is 24.3 Å². The Morgan fingerprint density at radius 3 is 2.55 bits per heavy atom. The summed E-state index contributed by atoms with van der Waals surface area (Å²) in [6.07, 6.45) is 2.05. The van der Waals surface area contributed by atoms with Gasteiger partial charge in [0, 0.05) is 6.42 Å². The summed E-state index contributed by atoms with van der Waals surface area (Å²) in [4.78, 5) is 23.6. The second-order valence-electron chi connectivity index (χ2n) is 5.07. The number of para-hydroxylation sites is 1. The van der Waals surface area contributed by atoms with Crippen molar-refractivity contribution in [3.63, 3.8) is 0 Å². The largest absolute Gasteiger partial charge is 0.462 e. The van der Waals surface area contributed by atoms with E-state index in [4.69, 9.17) is 9.47 Å². The van der Waals surface area contributed by atoms with Crippen LogP contribution >= 0.6 is 0 Å². The van der Waals surface area contributed by atoms with Crippen LogP contribution in [0.5, 0.6) is 5.75 Å². The Balaban J connectivity index is 2.72. The third-order valence-corrected chi connectivity index (χ3v) is 2.61. The molecule has 1 aromatic rings. The number of ether oxygens (including phenoxy) is 2. The molecule has 0 spiro atoms. The summed E-state index contributed by atoms with van der Waals surface area (Å²) in [7, 11) is 0. The van der Waals surface area contributed by atoms with Crippen molar-refractivity contribution in [1.82, 2.24) is 0 Å². The minimum Gasteiger partial charge on any atom is -0.462 e. The predicted octanol–water partition coefficient (Wildman–Crippen LogP) is 3.60. The van der Waals surface area contributed by atoms with Crippen molar-refractivity contribution in [3.8, 4) is 5.75 Å². The molecule has 0 aliphatic carbocycles. The zero-order valence-corrected chi connectivity index (χ0v) is 12.3. The van der Waals surface area contributed by atoms with Gasteiger partial charge in [0.2, 0.25) is 0 Å². The highest BCUT2D eigenvalue weighted by molar-refractivity contribution is 5.93. The van der Waals surface area contributed by atoms with E-state index in [9.17, 15) is 9.59 Å². The molecule has 110 valence electrons. The lowest BCUT2D eigenvalue weighted by atomic mass is 10.2. The van der Waals surface area contributed by atoms with Gasteiger partial charge in [0.1, 0.15) is 11.3 Å². The maximum absolute atomic E-state index is 12.0. The van der Waals surface area contributed by atoms with Gasteiger partial charge in [0.15, 0.2) is 0 Å². The highest BCUT2D eigenvalue weighted by Crippen LogP contribution is 2.20. The maximum Gasteiger partial charge on any atom is 0.341 e. The average Bonchev–Trinajstić information content (AvgIpc) is 2.43. The first-order valence-electron chi connectivity index (χ1n) is 7.01. The van der Waals surface area contributed by atoms with Crippen LogP contribution in [0.15, 0.2) is 24.3 Å². The molecule has 0 unspecified atom stereocenters. The molecule has 1 aromatic carbocycles. The van der Waals surface area contributed by atoms with Crippen LogP contribution in [-0.4, -0.2) is 18.5 Å². The number of rotatable bonds is 7. The Morgan fingerprint density at radius 2 is 1.90 bits per heavy atom. The van der Waals surface area contributed by atoms with Gasteiger partial charge in [-0.2, -0.15) is 0 Å². The van der Waals surface area contributed by atoms with Crippen molar-refractivity contribution in [2.24, 2.45) is 5.92 Å². The Kier molecular flexibility index (Phi) is 6.77. The number of carbonyl (C=O) groups is 2. The summed E-state index contributed by atoms with van der Waals surface area (Å²) >= 11 is 0. The molecule has 0 saturated heterocycles. The number of carbonyl (C=O) groups excluding carboxylic acids is 2. The monoisotopic (exact) mass is 278 g/mol. The quantitative estimate of drug-likeness (QED) is 0.565. The van der Waals surface area contributed by atoms with E-state index < -0.39 is 5.97 Å². The lowest BCUT2D eigenvalue weighted by molar-refractivity contribution is -0.134. The topological polar surface area (TPSA) is 52.6 Å².